The molecule has 0 unspecified atom stereocenters. The molecule has 3 aromatic rings. The first-order valence-electron chi connectivity index (χ1n) is 10.8. The monoisotopic (exact) mass is 511 g/mol. The van der Waals surface area contributed by atoms with Crippen LogP contribution in [0, 0.1) is 37.1 Å². The fraction of sp³-hybridized carbons (Fsp3) is 0.280. The molecule has 1 aliphatic heterocycles. The summed E-state index contributed by atoms with van der Waals surface area (Å²) in [6.45, 7) is 9.04. The molecule has 0 saturated carbocycles. The highest BCUT2D eigenvalue weighted by Gasteiger charge is 2.45. The number of hydrazone groups is 1. The minimum atomic E-state index is -5.70. The second kappa shape index (κ2) is 8.49. The number of fused-ring (bicyclic) bond motifs is 1. The number of nitrogens with zero attached hydrogens (tertiary/aromatic N) is 3. The number of benzene rings is 2. The molecule has 0 aliphatic carbocycles. The second-order valence-corrected chi connectivity index (χ2v) is 8.77. The average Bonchev–Trinajstić information content (AvgIpc) is 3.21. The van der Waals surface area contributed by atoms with Gasteiger partial charge in [0.2, 0.25) is 0 Å². The van der Waals surface area contributed by atoms with Crippen molar-refractivity contribution in [1.82, 2.24) is 4.57 Å². The van der Waals surface area contributed by atoms with Crippen LogP contribution in [0.2, 0.25) is 0 Å². The van der Waals surface area contributed by atoms with Gasteiger partial charge in [-0.3, -0.25) is 4.79 Å². The SMILES string of the molecule is CC1=NN(c2c(F)c(F)c(C(F)(F)F)c(F)c2F)C(=O)/C1=C/c1c(C)n(C(C)C)c2c(C)cccc12. The fourth-order valence-electron chi connectivity index (χ4n) is 4.55. The third-order valence-electron chi connectivity index (χ3n) is 6.12. The van der Waals surface area contributed by atoms with Crippen molar-refractivity contribution in [3.8, 4) is 0 Å². The zero-order valence-corrected chi connectivity index (χ0v) is 19.8. The standard InChI is InChI=1S/C25H20F7N3O/c1-10(2)34-13(5)16(14-8-6-7-11(3)22(14)34)9-15-12(4)33-35(24(15)36)23-20(28)18(26)17(25(30,31)32)19(27)21(23)29/h6-10H,1-5H3/b15-9+. The van der Waals surface area contributed by atoms with E-state index in [-0.39, 0.29) is 22.3 Å². The number of para-hydroxylation sites is 1. The topological polar surface area (TPSA) is 37.6 Å². The Balaban J connectivity index is 1.90. The maximum absolute atomic E-state index is 14.6. The van der Waals surface area contributed by atoms with Gasteiger partial charge in [-0.25, -0.2) is 17.6 Å². The molecule has 0 N–H and O–H groups in total. The predicted molar refractivity (Wildman–Crippen MR) is 122 cm³/mol. The normalized spacial score (nSPS) is 15.7. The number of aryl methyl sites for hydroxylation is 1. The molecule has 190 valence electrons. The maximum Gasteiger partial charge on any atom is 0.422 e. The summed E-state index contributed by atoms with van der Waals surface area (Å²) in [5.74, 6) is -11.2. The summed E-state index contributed by atoms with van der Waals surface area (Å²) in [6, 6.07) is 5.63. The Labute approximate surface area is 201 Å². The van der Waals surface area contributed by atoms with Gasteiger partial charge in [-0.1, -0.05) is 18.2 Å². The van der Waals surface area contributed by atoms with Crippen molar-refractivity contribution >= 4 is 34.3 Å². The van der Waals surface area contributed by atoms with E-state index in [9.17, 15) is 35.5 Å². The Bertz CT molecular complexity index is 1470. The Hall–Kier alpha value is -3.63. The first-order valence-corrected chi connectivity index (χ1v) is 10.8. The molecule has 4 rings (SSSR count). The van der Waals surface area contributed by atoms with Gasteiger partial charge in [0.1, 0.15) is 11.3 Å². The lowest BCUT2D eigenvalue weighted by atomic mass is 10.0. The molecular formula is C25H20F7N3O. The van der Waals surface area contributed by atoms with Crippen LogP contribution in [0.25, 0.3) is 17.0 Å². The molecule has 0 fully saturated rings. The minimum absolute atomic E-state index is 0.0420. The van der Waals surface area contributed by atoms with Gasteiger partial charge in [-0.2, -0.15) is 23.3 Å². The quantitative estimate of drug-likeness (QED) is 0.208. The summed E-state index contributed by atoms with van der Waals surface area (Å²) in [4.78, 5) is 13.1. The van der Waals surface area contributed by atoms with Crippen LogP contribution in [0.1, 0.15) is 49.2 Å². The number of carbonyl (C=O) groups excluding carboxylic acids is 1. The average molecular weight is 511 g/mol. The van der Waals surface area contributed by atoms with Gasteiger partial charge in [0.25, 0.3) is 5.91 Å². The number of amides is 1. The van der Waals surface area contributed by atoms with Crippen molar-refractivity contribution in [1.29, 1.82) is 0 Å². The van der Waals surface area contributed by atoms with Gasteiger partial charge >= 0.3 is 6.18 Å². The van der Waals surface area contributed by atoms with Gasteiger partial charge in [0, 0.05) is 22.7 Å². The largest absolute Gasteiger partial charge is 0.422 e. The van der Waals surface area contributed by atoms with Gasteiger partial charge in [0.15, 0.2) is 23.3 Å². The van der Waals surface area contributed by atoms with Crippen LogP contribution in [-0.2, 0) is 11.0 Å². The van der Waals surface area contributed by atoms with Crippen LogP contribution in [-0.4, -0.2) is 16.2 Å². The summed E-state index contributed by atoms with van der Waals surface area (Å²) in [6.07, 6.45) is -4.25. The highest BCUT2D eigenvalue weighted by atomic mass is 19.4. The molecule has 11 heteroatoms. The lowest BCUT2D eigenvalue weighted by Crippen LogP contribution is -2.26. The van der Waals surface area contributed by atoms with E-state index in [1.54, 1.807) is 0 Å². The minimum Gasteiger partial charge on any atom is -0.342 e. The van der Waals surface area contributed by atoms with Crippen LogP contribution in [0.5, 0.6) is 0 Å². The van der Waals surface area contributed by atoms with Gasteiger partial charge in [-0.05, 0) is 46.3 Å². The van der Waals surface area contributed by atoms with Crippen molar-refractivity contribution < 1.29 is 35.5 Å². The summed E-state index contributed by atoms with van der Waals surface area (Å²) in [5, 5.41) is 4.54. The van der Waals surface area contributed by atoms with Crippen LogP contribution in [0.3, 0.4) is 0 Å². The maximum atomic E-state index is 14.6. The first kappa shape index (κ1) is 25.5. The van der Waals surface area contributed by atoms with E-state index < -0.39 is 46.6 Å². The predicted octanol–water partition coefficient (Wildman–Crippen LogP) is 7.22. The molecule has 0 saturated heterocycles. The Morgan fingerprint density at radius 2 is 1.53 bits per heavy atom. The Morgan fingerprint density at radius 1 is 0.944 bits per heavy atom. The Kier molecular flexibility index (Phi) is 6.01. The molecule has 4 nitrogen and oxygen atoms in total. The molecule has 1 aromatic heterocycles. The number of rotatable bonds is 3. The van der Waals surface area contributed by atoms with Crippen molar-refractivity contribution in [2.75, 3.05) is 5.01 Å². The van der Waals surface area contributed by atoms with Crippen molar-refractivity contribution in [3.05, 3.63) is 69.4 Å². The molecule has 1 amide bonds. The Morgan fingerprint density at radius 3 is 2.06 bits per heavy atom. The smallest absolute Gasteiger partial charge is 0.342 e. The van der Waals surface area contributed by atoms with E-state index in [2.05, 4.69) is 9.67 Å². The molecule has 0 radical (unpaired) electrons. The summed E-state index contributed by atoms with van der Waals surface area (Å²) >= 11 is 0. The van der Waals surface area contributed by atoms with E-state index in [0.717, 1.165) is 22.2 Å². The second-order valence-electron chi connectivity index (χ2n) is 8.77. The molecule has 2 heterocycles. The highest BCUT2D eigenvalue weighted by molar-refractivity contribution is 6.32. The summed E-state index contributed by atoms with van der Waals surface area (Å²) in [7, 11) is 0. The highest BCUT2D eigenvalue weighted by Crippen LogP contribution is 2.41. The number of hydrogen-bond donors (Lipinski definition) is 0. The van der Waals surface area contributed by atoms with E-state index >= 15 is 0 Å². The first-order chi connectivity index (χ1) is 16.7. The lowest BCUT2D eigenvalue weighted by Gasteiger charge is -2.18. The zero-order chi connectivity index (χ0) is 26.9. The molecule has 0 spiro atoms. The van der Waals surface area contributed by atoms with Crippen LogP contribution >= 0.6 is 0 Å². The number of anilines is 1. The molecule has 0 atom stereocenters. The van der Waals surface area contributed by atoms with Gasteiger partial charge in [-0.15, -0.1) is 0 Å². The van der Waals surface area contributed by atoms with Crippen LogP contribution < -0.4 is 5.01 Å². The van der Waals surface area contributed by atoms with E-state index in [4.69, 9.17) is 0 Å². The fourth-order valence-corrected chi connectivity index (χ4v) is 4.55. The molecular weight excluding hydrogens is 491 g/mol. The van der Waals surface area contributed by atoms with Gasteiger partial charge in [0.05, 0.1) is 16.8 Å². The molecule has 36 heavy (non-hydrogen) atoms. The van der Waals surface area contributed by atoms with Crippen LogP contribution in [0.4, 0.5) is 36.4 Å². The molecule has 2 aromatic carbocycles. The van der Waals surface area contributed by atoms with Gasteiger partial charge < -0.3 is 4.57 Å². The van der Waals surface area contributed by atoms with Crippen molar-refractivity contribution in [2.45, 2.75) is 46.8 Å². The number of carbonyl (C=O) groups is 1. The van der Waals surface area contributed by atoms with E-state index in [0.29, 0.717) is 5.56 Å². The number of alkyl halides is 3. The van der Waals surface area contributed by atoms with Crippen molar-refractivity contribution in [2.24, 2.45) is 5.10 Å². The number of halogens is 7. The van der Waals surface area contributed by atoms with E-state index in [1.807, 2.05) is 45.9 Å². The summed E-state index contributed by atoms with van der Waals surface area (Å²) < 4.78 is 98.4. The number of hydrogen-bond acceptors (Lipinski definition) is 2. The third-order valence-corrected chi connectivity index (χ3v) is 6.12. The van der Waals surface area contributed by atoms with E-state index in [1.165, 1.54) is 13.0 Å². The van der Waals surface area contributed by atoms with Crippen molar-refractivity contribution in [3.63, 3.8) is 0 Å². The molecule has 1 aliphatic rings. The zero-order valence-electron chi connectivity index (χ0n) is 19.8. The summed E-state index contributed by atoms with van der Waals surface area (Å²) in [5.41, 5.74) is -1.28. The third kappa shape index (κ3) is 3.68. The number of aromatic nitrogens is 1. The lowest BCUT2D eigenvalue weighted by molar-refractivity contribution is -0.143. The molecule has 0 bridgehead atoms. The van der Waals surface area contributed by atoms with Crippen LogP contribution in [0.15, 0.2) is 28.9 Å².